The molecule has 0 atom stereocenters. The van der Waals surface area contributed by atoms with Gasteiger partial charge in [0.15, 0.2) is 11.3 Å². The summed E-state index contributed by atoms with van der Waals surface area (Å²) < 4.78 is 4.98. The Balaban J connectivity index is 1.54. The first-order valence-corrected chi connectivity index (χ1v) is 9.28. The van der Waals surface area contributed by atoms with Gasteiger partial charge in [-0.15, -0.1) is 0 Å². The van der Waals surface area contributed by atoms with Crippen molar-refractivity contribution in [1.82, 2.24) is 33.7 Å². The molecule has 1 aliphatic carbocycles. The molecule has 0 aliphatic heterocycles. The molecule has 0 saturated heterocycles. The van der Waals surface area contributed by atoms with E-state index >= 15 is 0 Å². The van der Waals surface area contributed by atoms with Crippen molar-refractivity contribution in [2.45, 2.75) is 37.8 Å². The summed E-state index contributed by atoms with van der Waals surface area (Å²) in [6, 6.07) is 3.76. The topological polar surface area (TPSA) is 115 Å². The number of hydrogen-bond acceptors (Lipinski definition) is 7. The minimum Gasteiger partial charge on any atom is -0.393 e. The Morgan fingerprint density at radius 1 is 1.18 bits per heavy atom. The van der Waals surface area contributed by atoms with Crippen LogP contribution in [0.5, 0.6) is 0 Å². The summed E-state index contributed by atoms with van der Waals surface area (Å²) in [6.07, 6.45) is 7.59. The fourth-order valence-corrected chi connectivity index (χ4v) is 3.86. The quantitative estimate of drug-likeness (QED) is 0.552. The Hall–Kier alpha value is -3.27. The fraction of sp³-hybridized carbons (Fsp3) is 0.389. The highest BCUT2D eigenvalue weighted by atomic mass is 16.3. The molecule has 2 N–H and O–H groups in total. The number of fused-ring (bicyclic) bond motifs is 2. The Morgan fingerprint density at radius 3 is 2.82 bits per heavy atom. The van der Waals surface area contributed by atoms with Crippen LogP contribution in [0.2, 0.25) is 0 Å². The first-order valence-electron chi connectivity index (χ1n) is 9.28. The molecule has 0 unspecified atom stereocenters. The number of nitrogens with zero attached hydrogens (tertiary/aromatic N) is 7. The summed E-state index contributed by atoms with van der Waals surface area (Å²) in [5, 5.41) is 17.1. The largest absolute Gasteiger partial charge is 0.393 e. The van der Waals surface area contributed by atoms with Crippen molar-refractivity contribution in [2.24, 2.45) is 7.05 Å². The molecule has 0 bridgehead atoms. The Kier molecular flexibility index (Phi) is 3.86. The number of nitrogens with one attached hydrogen (secondary N) is 1. The highest BCUT2D eigenvalue weighted by Crippen LogP contribution is 2.30. The molecule has 5 rings (SSSR count). The molecule has 144 valence electrons. The van der Waals surface area contributed by atoms with Crippen molar-refractivity contribution >= 4 is 28.4 Å². The van der Waals surface area contributed by atoms with Crippen LogP contribution in [0, 0.1) is 0 Å². The van der Waals surface area contributed by atoms with E-state index in [1.807, 2.05) is 12.1 Å². The molecule has 10 heteroatoms. The second-order valence-electron chi connectivity index (χ2n) is 7.18. The summed E-state index contributed by atoms with van der Waals surface area (Å²) in [5.41, 5.74) is 2.70. The van der Waals surface area contributed by atoms with Gasteiger partial charge in [0, 0.05) is 13.1 Å². The van der Waals surface area contributed by atoms with Gasteiger partial charge in [-0.2, -0.15) is 10.1 Å². The molecule has 4 aromatic heterocycles. The normalized spacial score (nSPS) is 20.1. The zero-order chi connectivity index (χ0) is 19.3. The van der Waals surface area contributed by atoms with Crippen LogP contribution in [-0.4, -0.2) is 44.9 Å². The number of hydrogen-bond donors (Lipinski definition) is 2. The molecule has 1 aliphatic rings. The van der Waals surface area contributed by atoms with Gasteiger partial charge < -0.3 is 10.4 Å². The van der Waals surface area contributed by atoms with Gasteiger partial charge in [0.1, 0.15) is 11.8 Å². The van der Waals surface area contributed by atoms with Gasteiger partial charge >= 0.3 is 5.69 Å². The van der Waals surface area contributed by atoms with E-state index in [-0.39, 0.29) is 17.8 Å². The van der Waals surface area contributed by atoms with Crippen LogP contribution in [-0.2, 0) is 7.05 Å². The number of anilines is 2. The van der Waals surface area contributed by atoms with Gasteiger partial charge in [0.25, 0.3) is 0 Å². The lowest BCUT2D eigenvalue weighted by molar-refractivity contribution is 0.110. The number of aryl methyl sites for hydroxylation is 1. The van der Waals surface area contributed by atoms with E-state index in [9.17, 15) is 9.90 Å². The lowest BCUT2D eigenvalue weighted by Crippen LogP contribution is -2.30. The predicted octanol–water partition coefficient (Wildman–Crippen LogP) is 1.39. The van der Waals surface area contributed by atoms with Gasteiger partial charge in [-0.05, 0) is 37.8 Å². The molecule has 10 nitrogen and oxygen atoms in total. The van der Waals surface area contributed by atoms with Gasteiger partial charge in [-0.1, -0.05) is 0 Å². The maximum Gasteiger partial charge on any atom is 0.330 e. The van der Waals surface area contributed by atoms with E-state index in [4.69, 9.17) is 0 Å². The summed E-state index contributed by atoms with van der Waals surface area (Å²) >= 11 is 0. The van der Waals surface area contributed by atoms with E-state index in [0.717, 1.165) is 24.2 Å². The summed E-state index contributed by atoms with van der Waals surface area (Å²) in [6.45, 7) is 0. The smallest absolute Gasteiger partial charge is 0.330 e. The summed E-state index contributed by atoms with van der Waals surface area (Å²) in [5.74, 6) is 0.405. The monoisotopic (exact) mass is 380 g/mol. The number of aliphatic hydroxyl groups is 1. The second kappa shape index (κ2) is 6.41. The zero-order valence-corrected chi connectivity index (χ0v) is 15.4. The van der Waals surface area contributed by atoms with Gasteiger partial charge in [-0.3, -0.25) is 9.13 Å². The third-order valence-electron chi connectivity index (χ3n) is 5.39. The molecule has 0 spiro atoms. The molecule has 4 heterocycles. The van der Waals surface area contributed by atoms with E-state index in [0.29, 0.717) is 30.0 Å². The van der Waals surface area contributed by atoms with Crippen LogP contribution in [0.3, 0.4) is 0 Å². The summed E-state index contributed by atoms with van der Waals surface area (Å²) in [4.78, 5) is 25.9. The lowest BCUT2D eigenvalue weighted by Gasteiger charge is -2.26. The van der Waals surface area contributed by atoms with Gasteiger partial charge in [-0.25, -0.2) is 19.3 Å². The first kappa shape index (κ1) is 16.9. The van der Waals surface area contributed by atoms with Crippen LogP contribution in [0.25, 0.3) is 16.8 Å². The highest BCUT2D eigenvalue weighted by Gasteiger charge is 2.25. The van der Waals surface area contributed by atoms with Crippen LogP contribution < -0.4 is 11.0 Å². The van der Waals surface area contributed by atoms with E-state index in [2.05, 4.69) is 25.4 Å². The predicted molar refractivity (Wildman–Crippen MR) is 103 cm³/mol. The molecule has 0 radical (unpaired) electrons. The molecule has 1 saturated carbocycles. The third kappa shape index (κ3) is 2.73. The molecular weight excluding hydrogens is 360 g/mol. The second-order valence-corrected chi connectivity index (χ2v) is 7.18. The zero-order valence-electron chi connectivity index (χ0n) is 15.4. The number of imidazole rings is 1. The summed E-state index contributed by atoms with van der Waals surface area (Å²) in [7, 11) is 1.73. The van der Waals surface area contributed by atoms with Crippen molar-refractivity contribution in [2.75, 3.05) is 5.32 Å². The van der Waals surface area contributed by atoms with E-state index < -0.39 is 0 Å². The van der Waals surface area contributed by atoms with Crippen molar-refractivity contribution in [3.63, 3.8) is 0 Å². The van der Waals surface area contributed by atoms with Crippen LogP contribution in [0.1, 0.15) is 31.7 Å². The minimum absolute atomic E-state index is 0.0360. The lowest BCUT2D eigenvalue weighted by atomic mass is 9.93. The highest BCUT2D eigenvalue weighted by molar-refractivity contribution is 5.73. The van der Waals surface area contributed by atoms with Gasteiger partial charge in [0.2, 0.25) is 5.95 Å². The van der Waals surface area contributed by atoms with E-state index in [1.54, 1.807) is 33.1 Å². The average Bonchev–Trinajstić information content (AvgIpc) is 3.26. The number of aromatic nitrogens is 7. The molecule has 0 aromatic carbocycles. The van der Waals surface area contributed by atoms with Gasteiger partial charge in [0.05, 0.1) is 24.2 Å². The third-order valence-corrected chi connectivity index (χ3v) is 5.39. The van der Waals surface area contributed by atoms with Crippen molar-refractivity contribution < 1.29 is 5.11 Å². The number of aliphatic hydroxyl groups excluding tert-OH is 1. The number of rotatable bonds is 3. The van der Waals surface area contributed by atoms with Crippen LogP contribution >= 0.6 is 0 Å². The Bertz CT molecular complexity index is 1220. The maximum absolute atomic E-state index is 12.8. The van der Waals surface area contributed by atoms with Crippen LogP contribution in [0.15, 0.2) is 35.6 Å². The van der Waals surface area contributed by atoms with Crippen LogP contribution in [0.4, 0.5) is 11.6 Å². The van der Waals surface area contributed by atoms with Crippen molar-refractivity contribution in [3.05, 3.63) is 41.3 Å². The first-order chi connectivity index (χ1) is 13.6. The fourth-order valence-electron chi connectivity index (χ4n) is 3.86. The molecule has 1 fully saturated rings. The van der Waals surface area contributed by atoms with Crippen molar-refractivity contribution in [1.29, 1.82) is 0 Å². The molecule has 0 amide bonds. The van der Waals surface area contributed by atoms with Crippen molar-refractivity contribution in [3.8, 4) is 0 Å². The molecular formula is C18H20N8O2. The Morgan fingerprint density at radius 2 is 2.00 bits per heavy atom. The molecule has 4 aromatic rings. The number of pyridine rings is 1. The molecule has 28 heavy (non-hydrogen) atoms. The maximum atomic E-state index is 12.8. The SMILES string of the molecule is Cn1c(=O)n(C2CCC(O)CC2)c2nc(Nc3ccc4ncnn4c3)ncc21. The average molecular weight is 380 g/mol. The standard InChI is InChI=1S/C18H20N8O2/c1-24-14-8-19-17(22-11-2-7-15-20-10-21-25(15)9-11)23-16(14)26(18(24)28)12-3-5-13(27)6-4-12/h2,7-10,12-13,27H,3-6H2,1H3,(H,19,22,23). The Labute approximate surface area is 159 Å². The van der Waals surface area contributed by atoms with E-state index in [1.165, 1.54) is 6.33 Å². The minimum atomic E-state index is -0.277.